The number of piperidine rings is 1. The lowest BCUT2D eigenvalue weighted by atomic mass is 9.72. The highest BCUT2D eigenvalue weighted by Gasteiger charge is 2.45. The van der Waals surface area contributed by atoms with E-state index in [1.165, 1.54) is 12.7 Å². The summed E-state index contributed by atoms with van der Waals surface area (Å²) in [4.78, 5) is 19.1. The molecule has 6 heteroatoms. The maximum Gasteiger partial charge on any atom is 0.316 e. The number of likely N-dealkylation sites (tertiary alicyclic amines) is 1. The number of carbonyl (C=O) groups is 1. The predicted molar refractivity (Wildman–Crippen MR) is 98.6 cm³/mol. The van der Waals surface area contributed by atoms with Crippen LogP contribution in [0.3, 0.4) is 0 Å². The molecule has 2 heterocycles. The van der Waals surface area contributed by atoms with Crippen LogP contribution in [0, 0.1) is 11.3 Å². The topological polar surface area (TPSA) is 66.2 Å². The van der Waals surface area contributed by atoms with Gasteiger partial charge in [0, 0.05) is 12.1 Å². The first-order valence-corrected chi connectivity index (χ1v) is 8.88. The van der Waals surface area contributed by atoms with E-state index in [0.29, 0.717) is 18.4 Å². The molecule has 0 unspecified atom stereocenters. The molecule has 0 bridgehead atoms. The summed E-state index contributed by atoms with van der Waals surface area (Å²) < 4.78 is 5.10. The van der Waals surface area contributed by atoms with Gasteiger partial charge in [-0.25, -0.2) is 4.98 Å². The number of rotatable bonds is 4. The summed E-state index contributed by atoms with van der Waals surface area (Å²) in [5.41, 5.74) is 1.18. The minimum atomic E-state index is -0.857. The second-order valence-electron chi connectivity index (χ2n) is 6.48. The Labute approximate surface area is 158 Å². The molecule has 1 aromatic heterocycles. The number of hydrogen-bond acceptors (Lipinski definition) is 5. The van der Waals surface area contributed by atoms with Gasteiger partial charge < -0.3 is 4.74 Å². The second kappa shape index (κ2) is 7.86. The summed E-state index contributed by atoms with van der Waals surface area (Å²) in [5, 5.41) is 9.70. The molecular formula is C20H20ClN3O2. The molecule has 0 spiro atoms. The average molecular weight is 370 g/mol. The minimum Gasteiger partial charge on any atom is -0.468 e. The van der Waals surface area contributed by atoms with Crippen molar-refractivity contribution in [3.8, 4) is 6.07 Å². The quantitative estimate of drug-likeness (QED) is 0.611. The number of halogens is 1. The van der Waals surface area contributed by atoms with Crippen LogP contribution in [-0.4, -0.2) is 36.1 Å². The molecule has 0 saturated carbocycles. The number of nitriles is 1. The van der Waals surface area contributed by atoms with Gasteiger partial charge in [-0.1, -0.05) is 48.0 Å². The van der Waals surface area contributed by atoms with Crippen LogP contribution in [0.1, 0.15) is 29.7 Å². The summed E-state index contributed by atoms with van der Waals surface area (Å²) in [7, 11) is 1.38. The second-order valence-corrected chi connectivity index (χ2v) is 6.86. The highest BCUT2D eigenvalue weighted by Crippen LogP contribution is 2.38. The number of aromatic nitrogens is 1. The van der Waals surface area contributed by atoms with Crippen LogP contribution in [0.2, 0.25) is 5.15 Å². The zero-order valence-electron chi connectivity index (χ0n) is 14.6. The predicted octanol–water partition coefficient (Wildman–Crippen LogP) is 3.31. The van der Waals surface area contributed by atoms with Gasteiger partial charge in [0.15, 0.2) is 0 Å². The summed E-state index contributed by atoms with van der Waals surface area (Å²) in [6, 6.07) is 15.7. The van der Waals surface area contributed by atoms with Crippen LogP contribution in [0.25, 0.3) is 0 Å². The van der Waals surface area contributed by atoms with E-state index in [1.807, 2.05) is 18.2 Å². The van der Waals surface area contributed by atoms with Crippen LogP contribution < -0.4 is 0 Å². The first-order valence-electron chi connectivity index (χ1n) is 8.51. The van der Waals surface area contributed by atoms with E-state index in [2.05, 4.69) is 28.1 Å². The van der Waals surface area contributed by atoms with Crippen LogP contribution in [0.4, 0.5) is 0 Å². The summed E-state index contributed by atoms with van der Waals surface area (Å²) in [6.07, 6.45) is 1.15. The van der Waals surface area contributed by atoms with Crippen LogP contribution in [-0.2, 0) is 21.5 Å². The lowest BCUT2D eigenvalue weighted by Crippen LogP contribution is -2.48. The van der Waals surface area contributed by atoms with Gasteiger partial charge in [0.05, 0.1) is 12.5 Å². The fourth-order valence-corrected chi connectivity index (χ4v) is 3.77. The molecular weight excluding hydrogens is 350 g/mol. The van der Waals surface area contributed by atoms with Crippen LogP contribution >= 0.6 is 11.6 Å². The summed E-state index contributed by atoms with van der Waals surface area (Å²) in [5.74, 6) is -0.322. The van der Waals surface area contributed by atoms with E-state index in [-0.39, 0.29) is 16.8 Å². The molecule has 0 aliphatic carbocycles. The van der Waals surface area contributed by atoms with E-state index in [1.54, 1.807) is 12.1 Å². The zero-order valence-corrected chi connectivity index (χ0v) is 15.4. The normalized spacial score (nSPS) is 16.7. The highest BCUT2D eigenvalue weighted by atomic mass is 35.5. The molecule has 0 N–H and O–H groups in total. The third-order valence-electron chi connectivity index (χ3n) is 5.02. The number of esters is 1. The molecule has 1 saturated heterocycles. The highest BCUT2D eigenvalue weighted by molar-refractivity contribution is 6.29. The standard InChI is InChI=1S/C20H20ClN3O2/c1-26-19(25)20(16-7-8-18(21)23-17(16)13-22)9-11-24(12-10-20)14-15-5-3-2-4-6-15/h2-8H,9-12,14H2,1H3. The molecule has 0 radical (unpaired) electrons. The van der Waals surface area contributed by atoms with Gasteiger partial charge in [-0.15, -0.1) is 0 Å². The van der Waals surface area contributed by atoms with Crippen LogP contribution in [0.15, 0.2) is 42.5 Å². The Balaban J connectivity index is 1.85. The molecule has 5 nitrogen and oxygen atoms in total. The SMILES string of the molecule is COC(=O)C1(c2ccc(Cl)nc2C#N)CCN(Cc2ccccc2)CC1. The van der Waals surface area contributed by atoms with Crippen molar-refractivity contribution in [3.63, 3.8) is 0 Å². The van der Waals surface area contributed by atoms with E-state index >= 15 is 0 Å². The van der Waals surface area contributed by atoms with Crippen molar-refractivity contribution in [2.45, 2.75) is 24.8 Å². The van der Waals surface area contributed by atoms with Crippen molar-refractivity contribution >= 4 is 17.6 Å². The van der Waals surface area contributed by atoms with Crippen molar-refractivity contribution in [2.24, 2.45) is 0 Å². The molecule has 1 aromatic carbocycles. The summed E-state index contributed by atoms with van der Waals surface area (Å²) in [6.45, 7) is 2.30. The van der Waals surface area contributed by atoms with Crippen molar-refractivity contribution in [1.82, 2.24) is 9.88 Å². The third-order valence-corrected chi connectivity index (χ3v) is 5.23. The lowest BCUT2D eigenvalue weighted by Gasteiger charge is -2.40. The number of ether oxygens (including phenoxy) is 1. The van der Waals surface area contributed by atoms with Gasteiger partial charge in [-0.3, -0.25) is 9.69 Å². The number of benzene rings is 1. The maximum absolute atomic E-state index is 12.7. The Morgan fingerprint density at radius 2 is 1.96 bits per heavy atom. The molecule has 3 rings (SSSR count). The van der Waals surface area contributed by atoms with Gasteiger partial charge in [-0.05, 0) is 37.6 Å². The summed E-state index contributed by atoms with van der Waals surface area (Å²) >= 11 is 5.92. The number of carbonyl (C=O) groups excluding carboxylic acids is 1. The Kier molecular flexibility index (Phi) is 5.55. The smallest absolute Gasteiger partial charge is 0.316 e. The molecule has 0 atom stereocenters. The third kappa shape index (κ3) is 3.57. The first-order chi connectivity index (χ1) is 12.6. The van der Waals surface area contributed by atoms with Gasteiger partial charge in [0.2, 0.25) is 0 Å². The largest absolute Gasteiger partial charge is 0.468 e. The molecule has 1 aliphatic heterocycles. The maximum atomic E-state index is 12.7. The molecule has 26 heavy (non-hydrogen) atoms. The number of nitrogens with zero attached hydrogens (tertiary/aromatic N) is 3. The van der Waals surface area contributed by atoms with Crippen molar-refractivity contribution in [2.75, 3.05) is 20.2 Å². The fraction of sp³-hybridized carbons (Fsp3) is 0.350. The monoisotopic (exact) mass is 369 g/mol. The average Bonchev–Trinajstić information content (AvgIpc) is 2.69. The molecule has 1 aliphatic rings. The molecule has 0 amide bonds. The van der Waals surface area contributed by atoms with E-state index in [4.69, 9.17) is 16.3 Å². The minimum absolute atomic E-state index is 0.194. The fourth-order valence-electron chi connectivity index (χ4n) is 3.62. The van der Waals surface area contributed by atoms with Gasteiger partial charge in [0.25, 0.3) is 0 Å². The lowest BCUT2D eigenvalue weighted by molar-refractivity contribution is -0.149. The Hall–Kier alpha value is -2.42. The zero-order chi connectivity index (χ0) is 18.6. The molecule has 134 valence electrons. The number of pyridine rings is 1. The first kappa shape index (κ1) is 18.4. The van der Waals surface area contributed by atoms with E-state index < -0.39 is 5.41 Å². The van der Waals surface area contributed by atoms with Crippen molar-refractivity contribution in [1.29, 1.82) is 5.26 Å². The number of hydrogen-bond donors (Lipinski definition) is 0. The Morgan fingerprint density at radius 1 is 1.27 bits per heavy atom. The van der Waals surface area contributed by atoms with E-state index in [9.17, 15) is 10.1 Å². The van der Waals surface area contributed by atoms with Crippen molar-refractivity contribution in [3.05, 3.63) is 64.4 Å². The van der Waals surface area contributed by atoms with Gasteiger partial charge in [0.1, 0.15) is 16.9 Å². The molecule has 1 fully saturated rings. The Morgan fingerprint density at radius 3 is 2.58 bits per heavy atom. The van der Waals surface area contributed by atoms with Crippen molar-refractivity contribution < 1.29 is 9.53 Å². The number of methoxy groups -OCH3 is 1. The Bertz CT molecular complexity index is 825. The van der Waals surface area contributed by atoms with Crippen LogP contribution in [0.5, 0.6) is 0 Å². The van der Waals surface area contributed by atoms with Gasteiger partial charge >= 0.3 is 5.97 Å². The molecule has 2 aromatic rings. The van der Waals surface area contributed by atoms with E-state index in [0.717, 1.165) is 19.6 Å². The van der Waals surface area contributed by atoms with Gasteiger partial charge in [-0.2, -0.15) is 5.26 Å².